The largest absolute Gasteiger partial charge is 0.462 e. The fourth-order valence-electron chi connectivity index (χ4n) is 3.85. The molecule has 0 radical (unpaired) electrons. The molecule has 0 bridgehead atoms. The quantitative estimate of drug-likeness (QED) is 0.379. The van der Waals surface area contributed by atoms with Gasteiger partial charge in [0.1, 0.15) is 6.61 Å². The number of ether oxygens (including phenoxy) is 2. The van der Waals surface area contributed by atoms with Gasteiger partial charge in [0, 0.05) is 43.5 Å². The summed E-state index contributed by atoms with van der Waals surface area (Å²) in [6.45, 7) is 3.67. The Bertz CT molecular complexity index is 1540. The van der Waals surface area contributed by atoms with Gasteiger partial charge in [0.2, 0.25) is 5.78 Å². The van der Waals surface area contributed by atoms with Crippen LogP contribution >= 0.6 is 11.6 Å². The summed E-state index contributed by atoms with van der Waals surface area (Å²) >= 11 is 6.01. The van der Waals surface area contributed by atoms with Gasteiger partial charge in [0.25, 0.3) is 5.56 Å². The van der Waals surface area contributed by atoms with E-state index in [4.69, 9.17) is 21.1 Å². The van der Waals surface area contributed by atoms with Crippen molar-refractivity contribution < 1.29 is 19.1 Å². The van der Waals surface area contributed by atoms with E-state index >= 15 is 0 Å². The Hall–Kier alpha value is -3.86. The van der Waals surface area contributed by atoms with Gasteiger partial charge in [0.15, 0.2) is 17.3 Å². The highest BCUT2D eigenvalue weighted by Gasteiger charge is 2.24. The summed E-state index contributed by atoms with van der Waals surface area (Å²) in [5.41, 5.74) is 0.717. The maximum absolute atomic E-state index is 13.5. The van der Waals surface area contributed by atoms with Crippen LogP contribution in [0.4, 0.5) is 0 Å². The number of hydrogen-bond acceptors (Lipinski definition) is 7. The van der Waals surface area contributed by atoms with Crippen molar-refractivity contribution in [3.63, 3.8) is 0 Å². The van der Waals surface area contributed by atoms with E-state index in [1.165, 1.54) is 25.5 Å². The van der Waals surface area contributed by atoms with Gasteiger partial charge < -0.3 is 9.47 Å². The smallest absolute Gasteiger partial charge is 0.332 e. The SMILES string of the molecule is CC(=O)OC[C@H](Cn1c(=O)c2c(nc3n(-c4ccc(Cl)cc4)c(C)cn23)n(C)c1=O)OC(C)=O. The van der Waals surface area contributed by atoms with Gasteiger partial charge in [-0.15, -0.1) is 0 Å². The van der Waals surface area contributed by atoms with Crippen molar-refractivity contribution in [3.8, 4) is 5.69 Å². The van der Waals surface area contributed by atoms with Gasteiger partial charge in [0.05, 0.1) is 6.54 Å². The molecule has 0 N–H and O–H groups in total. The summed E-state index contributed by atoms with van der Waals surface area (Å²) in [5.74, 6) is -0.772. The van der Waals surface area contributed by atoms with Gasteiger partial charge in [-0.3, -0.25) is 32.5 Å². The lowest BCUT2D eigenvalue weighted by molar-refractivity contribution is -0.157. The molecule has 34 heavy (non-hydrogen) atoms. The fourth-order valence-corrected chi connectivity index (χ4v) is 3.98. The lowest BCUT2D eigenvalue weighted by atomic mass is 10.3. The van der Waals surface area contributed by atoms with Crippen molar-refractivity contribution >= 4 is 40.5 Å². The number of benzene rings is 1. The number of aromatic nitrogens is 5. The molecule has 0 spiro atoms. The molecule has 0 saturated heterocycles. The van der Waals surface area contributed by atoms with E-state index in [0.29, 0.717) is 10.8 Å². The molecule has 0 amide bonds. The molecular formula is C22H22ClN5O6. The Morgan fingerprint density at radius 1 is 1.12 bits per heavy atom. The fraction of sp³-hybridized carbons (Fsp3) is 0.318. The minimum atomic E-state index is -1.02. The molecule has 11 nitrogen and oxygen atoms in total. The molecule has 178 valence electrons. The average Bonchev–Trinajstić information content (AvgIpc) is 3.28. The Morgan fingerprint density at radius 2 is 1.79 bits per heavy atom. The molecule has 0 aliphatic rings. The highest BCUT2D eigenvalue weighted by atomic mass is 35.5. The molecular weight excluding hydrogens is 466 g/mol. The lowest BCUT2D eigenvalue weighted by Crippen LogP contribution is -2.43. The van der Waals surface area contributed by atoms with Crippen LogP contribution < -0.4 is 11.2 Å². The number of nitrogens with zero attached hydrogens (tertiary/aromatic N) is 5. The molecule has 4 rings (SSSR count). The van der Waals surface area contributed by atoms with E-state index in [2.05, 4.69) is 4.98 Å². The predicted octanol–water partition coefficient (Wildman–Crippen LogP) is 1.60. The van der Waals surface area contributed by atoms with Crippen molar-refractivity contribution in [2.75, 3.05) is 6.61 Å². The van der Waals surface area contributed by atoms with Crippen LogP contribution in [0.2, 0.25) is 5.02 Å². The second-order valence-electron chi connectivity index (χ2n) is 7.83. The molecule has 4 aromatic rings. The van der Waals surface area contributed by atoms with Gasteiger partial charge >= 0.3 is 17.6 Å². The van der Waals surface area contributed by atoms with Crippen LogP contribution in [0.3, 0.4) is 0 Å². The van der Waals surface area contributed by atoms with E-state index in [1.54, 1.807) is 22.7 Å². The molecule has 0 saturated carbocycles. The number of hydrogen-bond donors (Lipinski definition) is 0. The molecule has 12 heteroatoms. The standard InChI is InChI=1S/C22H22ClN5O6/c1-12-9-26-18-19(24-21(26)28(12)16-7-5-15(23)6-8-16)25(4)22(32)27(20(18)31)10-17(34-14(3)30)11-33-13(2)29/h5-9,17H,10-11H2,1-4H3/t17-/m0/s1. The number of fused-ring (bicyclic) bond motifs is 3. The Kier molecular flexibility index (Phi) is 6.05. The molecule has 1 aromatic carbocycles. The Balaban J connectivity index is 1.89. The molecule has 3 aromatic heterocycles. The summed E-state index contributed by atoms with van der Waals surface area (Å²) < 4.78 is 15.8. The number of halogens is 1. The van der Waals surface area contributed by atoms with E-state index in [1.807, 2.05) is 23.6 Å². The van der Waals surface area contributed by atoms with Gasteiger partial charge in [-0.1, -0.05) is 11.6 Å². The number of rotatable bonds is 6. The highest BCUT2D eigenvalue weighted by Crippen LogP contribution is 2.22. The maximum atomic E-state index is 13.5. The van der Waals surface area contributed by atoms with Crippen molar-refractivity contribution in [2.24, 2.45) is 7.05 Å². The lowest BCUT2D eigenvalue weighted by Gasteiger charge is -2.18. The number of carbonyl (C=O) groups excluding carboxylic acids is 2. The summed E-state index contributed by atoms with van der Waals surface area (Å²) in [6.07, 6.45) is 0.728. The average molecular weight is 488 g/mol. The normalized spacial score (nSPS) is 12.3. The first kappa shape index (κ1) is 23.3. The number of aryl methyl sites for hydroxylation is 2. The molecule has 0 fully saturated rings. The molecule has 0 aliphatic heterocycles. The third kappa shape index (κ3) is 4.10. The Morgan fingerprint density at radius 3 is 2.41 bits per heavy atom. The van der Waals surface area contributed by atoms with Crippen molar-refractivity contribution in [1.29, 1.82) is 0 Å². The van der Waals surface area contributed by atoms with Gasteiger partial charge in [-0.25, -0.2) is 4.79 Å². The second-order valence-corrected chi connectivity index (χ2v) is 8.26. The third-order valence-corrected chi connectivity index (χ3v) is 5.55. The Labute approximate surface area is 197 Å². The van der Waals surface area contributed by atoms with Crippen LogP contribution in [0.25, 0.3) is 22.6 Å². The van der Waals surface area contributed by atoms with Crippen LogP contribution in [-0.2, 0) is 32.7 Å². The second kappa shape index (κ2) is 8.82. The topological polar surface area (TPSA) is 119 Å². The first-order chi connectivity index (χ1) is 16.1. The van der Waals surface area contributed by atoms with E-state index in [9.17, 15) is 19.2 Å². The molecule has 0 unspecified atom stereocenters. The van der Waals surface area contributed by atoms with Gasteiger partial charge in [-0.05, 0) is 31.2 Å². The van der Waals surface area contributed by atoms with Crippen LogP contribution in [0.1, 0.15) is 19.5 Å². The van der Waals surface area contributed by atoms with E-state index in [-0.39, 0.29) is 24.3 Å². The zero-order valence-corrected chi connectivity index (χ0v) is 19.7. The first-order valence-electron chi connectivity index (χ1n) is 10.3. The van der Waals surface area contributed by atoms with Crippen molar-refractivity contribution in [1.82, 2.24) is 23.1 Å². The summed E-state index contributed by atoms with van der Waals surface area (Å²) in [7, 11) is 1.50. The summed E-state index contributed by atoms with van der Waals surface area (Å²) in [6, 6.07) is 7.14. The minimum absolute atomic E-state index is 0.182. The van der Waals surface area contributed by atoms with E-state index in [0.717, 1.165) is 15.9 Å². The zero-order valence-electron chi connectivity index (χ0n) is 18.9. The summed E-state index contributed by atoms with van der Waals surface area (Å²) in [4.78, 5) is 53.8. The molecule has 3 heterocycles. The molecule has 0 aliphatic carbocycles. The molecule has 1 atom stereocenters. The third-order valence-electron chi connectivity index (χ3n) is 5.30. The number of imidazole rings is 2. The van der Waals surface area contributed by atoms with Crippen LogP contribution in [0.5, 0.6) is 0 Å². The highest BCUT2D eigenvalue weighted by molar-refractivity contribution is 6.30. The summed E-state index contributed by atoms with van der Waals surface area (Å²) in [5, 5.41) is 0.583. The van der Waals surface area contributed by atoms with Crippen LogP contribution in [0, 0.1) is 6.92 Å². The minimum Gasteiger partial charge on any atom is -0.462 e. The number of esters is 2. The van der Waals surface area contributed by atoms with Crippen molar-refractivity contribution in [2.45, 2.75) is 33.4 Å². The number of carbonyl (C=O) groups is 2. The van der Waals surface area contributed by atoms with Gasteiger partial charge in [-0.2, -0.15) is 4.98 Å². The monoisotopic (exact) mass is 487 g/mol. The van der Waals surface area contributed by atoms with Crippen molar-refractivity contribution in [3.05, 3.63) is 62.0 Å². The van der Waals surface area contributed by atoms with Crippen LogP contribution in [0.15, 0.2) is 40.1 Å². The predicted molar refractivity (Wildman–Crippen MR) is 123 cm³/mol. The first-order valence-corrected chi connectivity index (χ1v) is 10.7. The van der Waals surface area contributed by atoms with E-state index < -0.39 is 29.3 Å². The maximum Gasteiger partial charge on any atom is 0.332 e. The zero-order chi connectivity index (χ0) is 24.7. The van der Waals surface area contributed by atoms with Crippen LogP contribution in [-0.4, -0.2) is 47.7 Å².